The van der Waals surface area contributed by atoms with E-state index in [-0.39, 0.29) is 0 Å². The molecule has 4 heteroatoms. The summed E-state index contributed by atoms with van der Waals surface area (Å²) in [7, 11) is 0. The quantitative estimate of drug-likeness (QED) is 0.788. The third-order valence-electron chi connectivity index (χ3n) is 3.84. The van der Waals surface area contributed by atoms with Crippen molar-refractivity contribution in [3.05, 3.63) is 24.0 Å². The molecule has 0 spiro atoms. The Labute approximate surface area is 108 Å². The fourth-order valence-corrected chi connectivity index (χ4v) is 2.41. The van der Waals surface area contributed by atoms with Crippen LogP contribution in [0, 0.1) is 5.41 Å². The fourth-order valence-electron chi connectivity index (χ4n) is 2.30. The lowest BCUT2D eigenvalue weighted by Crippen LogP contribution is -2.35. The van der Waals surface area contributed by atoms with Crippen LogP contribution < -0.4 is 11.1 Å². The Morgan fingerprint density at radius 3 is 2.88 bits per heavy atom. The fraction of sp³-hybridized carbons (Fsp3) is 0.538. The second-order valence-electron chi connectivity index (χ2n) is 4.85. The molecule has 1 aromatic heterocycles. The molecular formula is C13H19N3S. The lowest BCUT2D eigenvalue weighted by atomic mass is 9.67. The van der Waals surface area contributed by atoms with Crippen LogP contribution in [-0.4, -0.2) is 16.5 Å². The van der Waals surface area contributed by atoms with E-state index in [1.165, 1.54) is 25.7 Å². The van der Waals surface area contributed by atoms with Gasteiger partial charge >= 0.3 is 0 Å². The summed E-state index contributed by atoms with van der Waals surface area (Å²) in [5.74, 6) is 0. The maximum Gasteiger partial charge on any atom is 0.122 e. The van der Waals surface area contributed by atoms with Gasteiger partial charge in [0.2, 0.25) is 0 Å². The van der Waals surface area contributed by atoms with Crippen molar-refractivity contribution in [2.75, 3.05) is 11.9 Å². The summed E-state index contributed by atoms with van der Waals surface area (Å²) in [5.41, 5.74) is 7.82. The van der Waals surface area contributed by atoms with E-state index in [2.05, 4.69) is 17.2 Å². The minimum absolute atomic E-state index is 0.350. The molecule has 1 aliphatic rings. The number of thiocarbonyl (C=S) groups is 1. The Morgan fingerprint density at radius 2 is 2.35 bits per heavy atom. The molecule has 1 aliphatic carbocycles. The van der Waals surface area contributed by atoms with E-state index >= 15 is 0 Å². The van der Waals surface area contributed by atoms with E-state index in [4.69, 9.17) is 18.0 Å². The van der Waals surface area contributed by atoms with Gasteiger partial charge in [-0.1, -0.05) is 25.6 Å². The van der Waals surface area contributed by atoms with Crippen molar-refractivity contribution in [3.63, 3.8) is 0 Å². The summed E-state index contributed by atoms with van der Waals surface area (Å²) >= 11 is 4.92. The van der Waals surface area contributed by atoms with E-state index in [0.717, 1.165) is 12.2 Å². The van der Waals surface area contributed by atoms with Gasteiger partial charge in [-0.2, -0.15) is 0 Å². The SMILES string of the molecule is CCC1(CNc2ccnc(C(N)=S)c2)CCC1. The molecule has 1 heterocycles. The van der Waals surface area contributed by atoms with Crippen molar-refractivity contribution in [2.24, 2.45) is 11.1 Å². The predicted octanol–water partition coefficient (Wildman–Crippen LogP) is 2.71. The Kier molecular flexibility index (Phi) is 3.62. The summed E-state index contributed by atoms with van der Waals surface area (Å²) in [4.78, 5) is 4.48. The van der Waals surface area contributed by atoms with Gasteiger partial charge in [-0.05, 0) is 36.8 Å². The molecule has 17 heavy (non-hydrogen) atoms. The first kappa shape index (κ1) is 12.3. The highest BCUT2D eigenvalue weighted by atomic mass is 32.1. The molecule has 0 atom stereocenters. The number of pyridine rings is 1. The van der Waals surface area contributed by atoms with Gasteiger partial charge in [0.15, 0.2) is 0 Å². The van der Waals surface area contributed by atoms with Gasteiger partial charge in [-0.15, -0.1) is 0 Å². The van der Waals surface area contributed by atoms with Gasteiger partial charge in [0.05, 0.1) is 5.69 Å². The van der Waals surface area contributed by atoms with E-state index in [1.807, 2.05) is 12.1 Å². The summed E-state index contributed by atoms with van der Waals surface area (Å²) in [5, 5.41) is 3.48. The summed E-state index contributed by atoms with van der Waals surface area (Å²) in [6, 6.07) is 3.88. The lowest BCUT2D eigenvalue weighted by molar-refractivity contribution is 0.145. The van der Waals surface area contributed by atoms with Crippen molar-refractivity contribution in [1.82, 2.24) is 4.98 Å². The number of hydrogen-bond donors (Lipinski definition) is 2. The minimum Gasteiger partial charge on any atom is -0.388 e. The van der Waals surface area contributed by atoms with Crippen LogP contribution in [0.4, 0.5) is 5.69 Å². The predicted molar refractivity (Wildman–Crippen MR) is 75.2 cm³/mol. The van der Waals surface area contributed by atoms with Gasteiger partial charge in [-0.3, -0.25) is 4.98 Å². The van der Waals surface area contributed by atoms with Crippen molar-refractivity contribution in [2.45, 2.75) is 32.6 Å². The molecular weight excluding hydrogens is 230 g/mol. The number of nitrogens with two attached hydrogens (primary N) is 1. The molecule has 0 aromatic carbocycles. The normalized spacial score (nSPS) is 17.2. The van der Waals surface area contributed by atoms with E-state index in [9.17, 15) is 0 Å². The molecule has 0 unspecified atom stereocenters. The second-order valence-corrected chi connectivity index (χ2v) is 5.29. The maximum absolute atomic E-state index is 5.57. The van der Waals surface area contributed by atoms with Crippen molar-refractivity contribution in [3.8, 4) is 0 Å². The molecule has 0 bridgehead atoms. The molecule has 3 nitrogen and oxygen atoms in total. The lowest BCUT2D eigenvalue weighted by Gasteiger charge is -2.41. The standard InChI is InChI=1S/C13H19N3S/c1-2-13(5-3-6-13)9-16-10-4-7-15-11(8-10)12(14)17/h4,7-8H,2-3,5-6,9H2,1H3,(H2,14,17)(H,15,16). The molecule has 2 rings (SSSR count). The first-order valence-corrected chi connectivity index (χ1v) is 6.56. The number of aromatic nitrogens is 1. The smallest absolute Gasteiger partial charge is 0.122 e. The molecule has 0 saturated heterocycles. The first-order valence-electron chi connectivity index (χ1n) is 6.15. The molecule has 1 saturated carbocycles. The van der Waals surface area contributed by atoms with Crippen LogP contribution in [0.25, 0.3) is 0 Å². The highest BCUT2D eigenvalue weighted by Crippen LogP contribution is 2.43. The van der Waals surface area contributed by atoms with Gasteiger partial charge in [0.25, 0.3) is 0 Å². The number of rotatable bonds is 5. The van der Waals surface area contributed by atoms with Gasteiger partial charge in [0, 0.05) is 18.4 Å². The average Bonchev–Trinajstić information content (AvgIpc) is 2.28. The van der Waals surface area contributed by atoms with Crippen molar-refractivity contribution in [1.29, 1.82) is 0 Å². The molecule has 0 amide bonds. The Bertz CT molecular complexity index is 407. The van der Waals surface area contributed by atoms with Crippen LogP contribution in [0.15, 0.2) is 18.3 Å². The topological polar surface area (TPSA) is 50.9 Å². The highest BCUT2D eigenvalue weighted by molar-refractivity contribution is 7.80. The minimum atomic E-state index is 0.350. The molecule has 92 valence electrons. The van der Waals surface area contributed by atoms with Crippen LogP contribution in [0.2, 0.25) is 0 Å². The first-order chi connectivity index (χ1) is 8.15. The number of nitrogens with zero attached hydrogens (tertiary/aromatic N) is 1. The van der Waals surface area contributed by atoms with Crippen LogP contribution in [0.1, 0.15) is 38.3 Å². The van der Waals surface area contributed by atoms with E-state index < -0.39 is 0 Å². The molecule has 3 N–H and O–H groups in total. The second kappa shape index (κ2) is 5.00. The molecule has 0 aliphatic heterocycles. The summed E-state index contributed by atoms with van der Waals surface area (Å²) in [6.07, 6.45) is 7.03. The highest BCUT2D eigenvalue weighted by Gasteiger charge is 2.34. The van der Waals surface area contributed by atoms with Gasteiger partial charge < -0.3 is 11.1 Å². The van der Waals surface area contributed by atoms with Crippen molar-refractivity contribution < 1.29 is 0 Å². The third kappa shape index (κ3) is 2.75. The molecule has 1 aromatic rings. The number of hydrogen-bond acceptors (Lipinski definition) is 3. The Balaban J connectivity index is 1.99. The Hall–Kier alpha value is -1.16. The monoisotopic (exact) mass is 249 g/mol. The van der Waals surface area contributed by atoms with Gasteiger partial charge in [-0.25, -0.2) is 0 Å². The zero-order valence-electron chi connectivity index (χ0n) is 10.2. The van der Waals surface area contributed by atoms with E-state index in [0.29, 0.717) is 16.1 Å². The van der Waals surface area contributed by atoms with Crippen LogP contribution in [0.5, 0.6) is 0 Å². The summed E-state index contributed by atoms with van der Waals surface area (Å²) in [6.45, 7) is 3.30. The number of nitrogens with one attached hydrogen (secondary N) is 1. The molecule has 0 radical (unpaired) electrons. The van der Waals surface area contributed by atoms with Crippen molar-refractivity contribution >= 4 is 22.9 Å². The van der Waals surface area contributed by atoms with Gasteiger partial charge in [0.1, 0.15) is 4.99 Å². The Morgan fingerprint density at radius 1 is 1.59 bits per heavy atom. The molecule has 1 fully saturated rings. The average molecular weight is 249 g/mol. The maximum atomic E-state index is 5.57. The van der Waals surface area contributed by atoms with Crippen LogP contribution in [0.3, 0.4) is 0 Å². The summed E-state index contributed by atoms with van der Waals surface area (Å²) < 4.78 is 0. The zero-order valence-corrected chi connectivity index (χ0v) is 11.0. The van der Waals surface area contributed by atoms with Crippen LogP contribution >= 0.6 is 12.2 Å². The van der Waals surface area contributed by atoms with Crippen LogP contribution in [-0.2, 0) is 0 Å². The van der Waals surface area contributed by atoms with E-state index in [1.54, 1.807) is 6.20 Å². The zero-order chi connectivity index (χ0) is 12.3. The number of anilines is 1. The third-order valence-corrected chi connectivity index (χ3v) is 4.05. The largest absolute Gasteiger partial charge is 0.388 e.